The summed E-state index contributed by atoms with van der Waals surface area (Å²) in [6.07, 6.45) is 1.49. The number of hydrogen-bond donors (Lipinski definition) is 1. The largest absolute Gasteiger partial charge is 0.422 e. The molecule has 1 atom stereocenters. The molecule has 8 nitrogen and oxygen atoms in total. The third-order valence-corrected chi connectivity index (χ3v) is 6.41. The van der Waals surface area contributed by atoms with E-state index in [1.165, 1.54) is 11.8 Å². The lowest BCUT2D eigenvalue weighted by molar-refractivity contribution is 0.0866. The summed E-state index contributed by atoms with van der Waals surface area (Å²) in [5, 5.41) is 15.1. The van der Waals surface area contributed by atoms with Gasteiger partial charge in [0.1, 0.15) is 11.4 Å². The van der Waals surface area contributed by atoms with Gasteiger partial charge in [-0.2, -0.15) is 0 Å². The van der Waals surface area contributed by atoms with Crippen molar-refractivity contribution in [3.05, 3.63) is 53.9 Å². The minimum Gasteiger partial charge on any atom is -0.422 e. The van der Waals surface area contributed by atoms with Gasteiger partial charge in [-0.3, -0.25) is 4.79 Å². The fourth-order valence-corrected chi connectivity index (χ4v) is 4.82. The van der Waals surface area contributed by atoms with E-state index in [0.717, 1.165) is 18.4 Å². The van der Waals surface area contributed by atoms with Crippen molar-refractivity contribution < 1.29 is 18.5 Å². The Morgan fingerprint density at radius 2 is 2.00 bits per heavy atom. The Kier molecular flexibility index (Phi) is 6.66. The molecular formula is C23H29N4O4S+. The summed E-state index contributed by atoms with van der Waals surface area (Å²) in [6.45, 7) is 8.88. The van der Waals surface area contributed by atoms with Gasteiger partial charge in [0.2, 0.25) is 17.2 Å². The number of nitrogens with zero attached hydrogens (tertiary/aromatic N) is 3. The summed E-state index contributed by atoms with van der Waals surface area (Å²) < 4.78 is 17.1. The SMILES string of the molecule is CC(OCc1nnc(C2CC(NC(=O)c3cc(-c4ccccc4)on3)C2)o1)[SH+]C(C)(C)C. The van der Waals surface area contributed by atoms with Crippen LogP contribution in [-0.2, 0) is 23.1 Å². The number of ether oxygens (including phenoxy) is 1. The second-order valence-corrected chi connectivity index (χ2v) is 11.4. The van der Waals surface area contributed by atoms with Gasteiger partial charge in [-0.15, -0.1) is 10.2 Å². The number of rotatable bonds is 8. The molecule has 4 rings (SSSR count). The molecule has 0 radical (unpaired) electrons. The normalized spacial score (nSPS) is 19.4. The predicted octanol–water partition coefficient (Wildman–Crippen LogP) is 3.88. The molecule has 1 amide bonds. The van der Waals surface area contributed by atoms with Crippen molar-refractivity contribution >= 4 is 17.7 Å². The molecule has 1 fully saturated rings. The van der Waals surface area contributed by atoms with Crippen LogP contribution in [0.5, 0.6) is 0 Å². The lowest BCUT2D eigenvalue weighted by Crippen LogP contribution is -2.43. The highest BCUT2D eigenvalue weighted by atomic mass is 32.2. The summed E-state index contributed by atoms with van der Waals surface area (Å²) >= 11 is 1.22. The Morgan fingerprint density at radius 1 is 1.25 bits per heavy atom. The monoisotopic (exact) mass is 457 g/mol. The molecule has 1 aliphatic carbocycles. The molecule has 170 valence electrons. The van der Waals surface area contributed by atoms with E-state index >= 15 is 0 Å². The third kappa shape index (κ3) is 5.77. The summed E-state index contributed by atoms with van der Waals surface area (Å²) in [7, 11) is 0. The van der Waals surface area contributed by atoms with Crippen LogP contribution in [0.3, 0.4) is 0 Å². The van der Waals surface area contributed by atoms with Crippen molar-refractivity contribution in [2.24, 2.45) is 0 Å². The smallest absolute Gasteiger partial charge is 0.273 e. The van der Waals surface area contributed by atoms with Crippen LogP contribution < -0.4 is 5.32 Å². The molecule has 1 aliphatic rings. The fraction of sp³-hybridized carbons (Fsp3) is 0.478. The number of benzene rings is 1. The second kappa shape index (κ2) is 9.46. The van der Waals surface area contributed by atoms with E-state index in [0.29, 0.717) is 24.1 Å². The zero-order valence-corrected chi connectivity index (χ0v) is 19.6. The zero-order valence-electron chi connectivity index (χ0n) is 18.7. The predicted molar refractivity (Wildman–Crippen MR) is 122 cm³/mol. The highest BCUT2D eigenvalue weighted by Crippen LogP contribution is 2.36. The molecular weight excluding hydrogens is 428 g/mol. The lowest BCUT2D eigenvalue weighted by Gasteiger charge is -2.33. The molecule has 0 aliphatic heterocycles. The minimum absolute atomic E-state index is 0.0431. The van der Waals surface area contributed by atoms with Gasteiger partial charge in [0, 0.05) is 42.3 Å². The van der Waals surface area contributed by atoms with Crippen LogP contribution in [0.4, 0.5) is 0 Å². The first-order valence-corrected chi connectivity index (χ1v) is 11.7. The number of thiol groups is 1. The molecule has 2 heterocycles. The van der Waals surface area contributed by atoms with E-state index in [-0.39, 0.29) is 33.7 Å². The number of carbonyl (C=O) groups is 1. The van der Waals surface area contributed by atoms with Gasteiger partial charge < -0.3 is 19.0 Å². The topological polar surface area (TPSA) is 103 Å². The molecule has 0 saturated heterocycles. The second-order valence-electron chi connectivity index (χ2n) is 9.03. The van der Waals surface area contributed by atoms with Gasteiger partial charge in [-0.25, -0.2) is 0 Å². The van der Waals surface area contributed by atoms with Crippen LogP contribution in [0.25, 0.3) is 11.3 Å². The Hall–Kier alpha value is -2.65. The van der Waals surface area contributed by atoms with Gasteiger partial charge in [-0.1, -0.05) is 35.5 Å². The van der Waals surface area contributed by atoms with E-state index < -0.39 is 0 Å². The molecule has 9 heteroatoms. The van der Waals surface area contributed by atoms with Crippen molar-refractivity contribution in [3.8, 4) is 11.3 Å². The minimum atomic E-state index is -0.244. The summed E-state index contributed by atoms with van der Waals surface area (Å²) in [5.41, 5.74) is 1.24. The number of carbonyl (C=O) groups excluding carboxylic acids is 1. The number of hydrogen-bond acceptors (Lipinski definition) is 7. The average molecular weight is 458 g/mol. The van der Waals surface area contributed by atoms with Gasteiger partial charge in [-0.05, 0) is 33.6 Å². The van der Waals surface area contributed by atoms with E-state index in [2.05, 4.69) is 41.4 Å². The summed E-state index contributed by atoms with van der Waals surface area (Å²) in [5.74, 6) is 1.55. The Labute approximate surface area is 191 Å². The highest BCUT2D eigenvalue weighted by Gasteiger charge is 2.36. The highest BCUT2D eigenvalue weighted by molar-refractivity contribution is 7.80. The molecule has 0 spiro atoms. The molecule has 2 aromatic heterocycles. The van der Waals surface area contributed by atoms with Crippen LogP contribution in [0.2, 0.25) is 0 Å². The van der Waals surface area contributed by atoms with Crippen LogP contribution in [0.15, 0.2) is 45.3 Å². The maximum Gasteiger partial charge on any atom is 0.273 e. The van der Waals surface area contributed by atoms with Crippen molar-refractivity contribution in [2.45, 2.75) is 69.3 Å². The fourth-order valence-electron chi connectivity index (χ4n) is 3.58. The number of nitrogens with one attached hydrogen (secondary N) is 1. The van der Waals surface area contributed by atoms with Gasteiger partial charge in [0.25, 0.3) is 5.91 Å². The van der Waals surface area contributed by atoms with Crippen molar-refractivity contribution in [1.82, 2.24) is 20.7 Å². The van der Waals surface area contributed by atoms with E-state index in [1.54, 1.807) is 6.07 Å². The van der Waals surface area contributed by atoms with E-state index in [1.807, 2.05) is 37.3 Å². The number of aromatic nitrogens is 3. The first kappa shape index (κ1) is 22.5. The van der Waals surface area contributed by atoms with Gasteiger partial charge >= 0.3 is 0 Å². The summed E-state index contributed by atoms with van der Waals surface area (Å²) in [4.78, 5) is 12.5. The molecule has 0 bridgehead atoms. The molecule has 32 heavy (non-hydrogen) atoms. The molecule has 3 aromatic rings. The van der Waals surface area contributed by atoms with Crippen LogP contribution in [0.1, 0.15) is 68.7 Å². The van der Waals surface area contributed by atoms with Crippen molar-refractivity contribution in [2.75, 3.05) is 0 Å². The first-order valence-electron chi connectivity index (χ1n) is 10.8. The van der Waals surface area contributed by atoms with Gasteiger partial charge in [0.15, 0.2) is 11.5 Å². The standard InChI is InChI=1S/C23H28N4O4S/c1-14(32-23(2,3)4)29-13-20-25-26-22(30-20)16-10-17(11-16)24-21(28)18-12-19(31-27-18)15-8-6-5-7-9-15/h5-9,12,14,16-17H,10-11,13H2,1-4H3,(H,24,28)/p+1. The zero-order chi connectivity index (χ0) is 22.7. The quantitative estimate of drug-likeness (QED) is 0.404. The Bertz CT molecular complexity index is 1040. The third-order valence-electron chi connectivity index (χ3n) is 5.12. The molecule has 1 unspecified atom stereocenters. The van der Waals surface area contributed by atoms with E-state index in [4.69, 9.17) is 13.7 Å². The van der Waals surface area contributed by atoms with Crippen LogP contribution >= 0.6 is 0 Å². The van der Waals surface area contributed by atoms with Crippen molar-refractivity contribution in [1.29, 1.82) is 0 Å². The molecule has 1 saturated carbocycles. The molecule has 1 N–H and O–H groups in total. The maximum atomic E-state index is 12.5. The average Bonchev–Trinajstić information content (AvgIpc) is 3.38. The Morgan fingerprint density at radius 3 is 2.72 bits per heavy atom. The van der Waals surface area contributed by atoms with Crippen LogP contribution in [-0.4, -0.2) is 37.5 Å². The lowest BCUT2D eigenvalue weighted by atomic mass is 9.80. The number of amides is 1. The van der Waals surface area contributed by atoms with Gasteiger partial charge in [0.05, 0.1) is 0 Å². The summed E-state index contributed by atoms with van der Waals surface area (Å²) in [6, 6.07) is 11.3. The van der Waals surface area contributed by atoms with Crippen LogP contribution in [0, 0.1) is 0 Å². The first-order chi connectivity index (χ1) is 15.3. The molecule has 1 aromatic carbocycles. The Balaban J connectivity index is 1.23. The van der Waals surface area contributed by atoms with Crippen molar-refractivity contribution in [3.63, 3.8) is 0 Å². The van der Waals surface area contributed by atoms with E-state index in [9.17, 15) is 4.79 Å². The maximum absolute atomic E-state index is 12.5.